The molecule has 1 saturated carbocycles. The first-order valence-electron chi connectivity index (χ1n) is 17.0. The Kier molecular flexibility index (Phi) is 12.2. The first-order valence-corrected chi connectivity index (χ1v) is 17.0. The Morgan fingerprint density at radius 3 is 2.40 bits per heavy atom. The average Bonchev–Trinajstić information content (AvgIpc) is 3.68. The minimum Gasteiger partial charge on any atom is -0.481 e. The monoisotopic (exact) mass is 733 g/mol. The van der Waals surface area contributed by atoms with Gasteiger partial charge in [-0.05, 0) is 44.7 Å². The Morgan fingerprint density at radius 2 is 1.77 bits per heavy atom. The predicted molar refractivity (Wildman–Crippen MR) is 174 cm³/mol. The van der Waals surface area contributed by atoms with Crippen LogP contribution >= 0.6 is 0 Å². The highest BCUT2D eigenvalue weighted by atomic mass is 19.3. The van der Waals surface area contributed by atoms with Crippen molar-refractivity contribution in [2.75, 3.05) is 45.9 Å². The molecule has 5 rings (SSSR count). The zero-order valence-corrected chi connectivity index (χ0v) is 28.5. The molecule has 17 nitrogen and oxygen atoms in total. The Labute approximate surface area is 297 Å². The van der Waals surface area contributed by atoms with Crippen molar-refractivity contribution in [1.29, 1.82) is 0 Å². The van der Waals surface area contributed by atoms with E-state index < -0.39 is 79.8 Å². The van der Waals surface area contributed by atoms with Gasteiger partial charge in [-0.25, -0.2) is 18.3 Å². The average molecular weight is 734 g/mol. The van der Waals surface area contributed by atoms with E-state index in [1.54, 1.807) is 37.3 Å². The minimum atomic E-state index is -3.27. The fraction of sp³-hybridized carbons (Fsp3) is 0.545. The topological polar surface area (TPSA) is 202 Å². The van der Waals surface area contributed by atoms with Crippen LogP contribution in [0.2, 0.25) is 0 Å². The lowest BCUT2D eigenvalue weighted by Gasteiger charge is -2.35. The zero-order chi connectivity index (χ0) is 37.4. The van der Waals surface area contributed by atoms with Gasteiger partial charge in [0.2, 0.25) is 17.7 Å². The molecule has 2 atom stereocenters. The van der Waals surface area contributed by atoms with Gasteiger partial charge in [-0.15, -0.1) is 5.06 Å². The number of likely N-dealkylation sites (tertiary alicyclic amines) is 1. The van der Waals surface area contributed by atoms with Gasteiger partial charge in [0.25, 0.3) is 17.7 Å². The fourth-order valence-electron chi connectivity index (χ4n) is 5.94. The van der Waals surface area contributed by atoms with Crippen LogP contribution in [-0.4, -0.2) is 135 Å². The van der Waals surface area contributed by atoms with Crippen LogP contribution in [0.15, 0.2) is 36.4 Å². The SMILES string of the molecule is CCOC(=O)ON1CCN(C(=O)[C@H](CCC(=O)O)NC(=O)c2cc(OCC(=O)N3CC(F)(F)C[C@H]3C(=O)NC3CCC3)n(-c3ccccc3)n2)CC1. The van der Waals surface area contributed by atoms with E-state index >= 15 is 0 Å². The first kappa shape index (κ1) is 37.9. The molecule has 52 heavy (non-hydrogen) atoms. The summed E-state index contributed by atoms with van der Waals surface area (Å²) >= 11 is 0. The number of nitrogens with zero attached hydrogens (tertiary/aromatic N) is 5. The lowest BCUT2D eigenvalue weighted by atomic mass is 9.93. The molecule has 3 heterocycles. The van der Waals surface area contributed by atoms with E-state index in [-0.39, 0.29) is 56.8 Å². The number of amides is 4. The molecule has 2 saturated heterocycles. The summed E-state index contributed by atoms with van der Waals surface area (Å²) in [5.74, 6) is -7.51. The molecule has 1 aromatic carbocycles. The molecule has 2 aromatic rings. The van der Waals surface area contributed by atoms with Crippen molar-refractivity contribution in [2.24, 2.45) is 0 Å². The van der Waals surface area contributed by atoms with E-state index in [9.17, 15) is 42.7 Å². The lowest BCUT2D eigenvalue weighted by molar-refractivity contribution is -0.157. The van der Waals surface area contributed by atoms with Crippen molar-refractivity contribution in [3.8, 4) is 11.6 Å². The Morgan fingerprint density at radius 1 is 1.06 bits per heavy atom. The number of carboxylic acids is 1. The molecule has 3 N–H and O–H groups in total. The maximum atomic E-state index is 14.4. The standard InChI is InChI=1S/C33H41F2N7O10/c1-2-50-32(49)52-40-15-13-39(14-16-40)31(48)23(11-12-28(44)45)37-29(46)24-17-27(42(38-24)22-9-4-3-5-10-22)51-19-26(43)41-20-33(34,35)18-25(41)30(47)36-21-7-6-8-21/h3-5,9-10,17,21,23,25H,2,6-8,11-16,18-20H2,1H3,(H,36,47)(H,37,46)(H,44,45)/t23-,25-/m0/s1. The number of alkyl halides is 2. The summed E-state index contributed by atoms with van der Waals surface area (Å²) in [6, 6.07) is 6.80. The van der Waals surface area contributed by atoms with Gasteiger partial charge in [0.1, 0.15) is 12.1 Å². The van der Waals surface area contributed by atoms with Crippen LogP contribution in [-0.2, 0) is 28.8 Å². The molecule has 19 heteroatoms. The normalized spacial score (nSPS) is 19.2. The highest BCUT2D eigenvalue weighted by Crippen LogP contribution is 2.33. The number of carboxylic acid groups (broad SMARTS) is 1. The van der Waals surface area contributed by atoms with E-state index in [0.29, 0.717) is 5.69 Å². The number of ether oxygens (including phenoxy) is 2. The number of hydrogen-bond acceptors (Lipinski definition) is 11. The van der Waals surface area contributed by atoms with Gasteiger partial charge >= 0.3 is 12.1 Å². The molecule has 4 amide bonds. The van der Waals surface area contributed by atoms with Crippen LogP contribution in [0.4, 0.5) is 13.6 Å². The van der Waals surface area contributed by atoms with Gasteiger partial charge in [0.15, 0.2) is 12.3 Å². The van der Waals surface area contributed by atoms with E-state index in [4.69, 9.17) is 14.3 Å². The predicted octanol–water partition coefficient (Wildman–Crippen LogP) is 1.35. The largest absolute Gasteiger partial charge is 0.527 e. The number of aromatic nitrogens is 2. The van der Waals surface area contributed by atoms with Crippen LogP contribution in [0, 0.1) is 0 Å². The van der Waals surface area contributed by atoms with Crippen LogP contribution < -0.4 is 15.4 Å². The highest BCUT2D eigenvalue weighted by Gasteiger charge is 2.50. The van der Waals surface area contributed by atoms with Crippen molar-refractivity contribution >= 4 is 35.8 Å². The lowest BCUT2D eigenvalue weighted by Crippen LogP contribution is -2.55. The third kappa shape index (κ3) is 9.71. The maximum absolute atomic E-state index is 14.4. The molecule has 2 aliphatic heterocycles. The molecule has 0 bridgehead atoms. The molecule has 0 unspecified atom stereocenters. The molecule has 1 aliphatic carbocycles. The number of piperazine rings is 1. The second kappa shape index (κ2) is 16.8. The molecular formula is C33H41F2N7O10. The minimum absolute atomic E-state index is 0.110. The van der Waals surface area contributed by atoms with Crippen molar-refractivity contribution in [3.63, 3.8) is 0 Å². The highest BCUT2D eigenvalue weighted by molar-refractivity contribution is 5.96. The summed E-state index contributed by atoms with van der Waals surface area (Å²) in [5, 5.41) is 20.2. The van der Waals surface area contributed by atoms with Gasteiger partial charge in [-0.1, -0.05) is 18.2 Å². The van der Waals surface area contributed by atoms with Crippen molar-refractivity contribution in [1.82, 2.24) is 35.3 Å². The summed E-state index contributed by atoms with van der Waals surface area (Å²) in [5.41, 5.74) is 0.161. The number of carbonyl (C=O) groups is 6. The Balaban J connectivity index is 1.28. The molecule has 282 valence electrons. The van der Waals surface area contributed by atoms with Gasteiger partial charge in [-0.2, -0.15) is 5.10 Å². The van der Waals surface area contributed by atoms with Crippen molar-refractivity contribution < 1.29 is 57.0 Å². The van der Waals surface area contributed by atoms with Crippen LogP contribution in [0.1, 0.15) is 55.9 Å². The smallest absolute Gasteiger partial charge is 0.481 e. The summed E-state index contributed by atoms with van der Waals surface area (Å²) in [4.78, 5) is 83.4. The van der Waals surface area contributed by atoms with Crippen LogP contribution in [0.25, 0.3) is 5.69 Å². The number of nitrogens with one attached hydrogen (secondary N) is 2. The summed E-state index contributed by atoms with van der Waals surface area (Å²) in [6.45, 7) is 0.546. The summed E-state index contributed by atoms with van der Waals surface area (Å²) in [7, 11) is 0. The van der Waals surface area contributed by atoms with Gasteiger partial charge < -0.3 is 39.9 Å². The van der Waals surface area contributed by atoms with Crippen LogP contribution in [0.3, 0.4) is 0 Å². The number of halogens is 2. The van der Waals surface area contributed by atoms with E-state index in [0.717, 1.165) is 24.2 Å². The zero-order valence-electron chi connectivity index (χ0n) is 28.5. The summed E-state index contributed by atoms with van der Waals surface area (Å²) in [6.07, 6.45) is 0.0194. The van der Waals surface area contributed by atoms with Gasteiger partial charge in [-0.3, -0.25) is 24.0 Å². The van der Waals surface area contributed by atoms with Crippen LogP contribution in [0.5, 0.6) is 5.88 Å². The van der Waals surface area contributed by atoms with Gasteiger partial charge in [0.05, 0.1) is 31.9 Å². The molecule has 3 aliphatic rings. The van der Waals surface area contributed by atoms with Gasteiger partial charge in [0, 0.05) is 38.0 Å². The second-order valence-electron chi connectivity index (χ2n) is 12.6. The summed E-state index contributed by atoms with van der Waals surface area (Å²) < 4.78 is 40.6. The molecular weight excluding hydrogens is 692 g/mol. The number of carbonyl (C=O) groups excluding carboxylic acids is 5. The Bertz CT molecular complexity index is 1630. The fourth-order valence-corrected chi connectivity index (χ4v) is 5.94. The van der Waals surface area contributed by atoms with Crippen molar-refractivity contribution in [2.45, 2.75) is 69.5 Å². The number of hydrogen-bond donors (Lipinski definition) is 3. The number of hydroxylamine groups is 2. The van der Waals surface area contributed by atoms with E-state index in [1.807, 2.05) is 0 Å². The molecule has 1 aromatic heterocycles. The van der Waals surface area contributed by atoms with E-state index in [1.165, 1.54) is 20.7 Å². The first-order chi connectivity index (χ1) is 24.8. The maximum Gasteiger partial charge on any atom is 0.527 e. The molecule has 3 fully saturated rings. The third-order valence-corrected chi connectivity index (χ3v) is 8.86. The number of para-hydroxylation sites is 1. The number of benzene rings is 1. The molecule has 0 spiro atoms. The quantitative estimate of drug-likeness (QED) is 0.236. The second-order valence-corrected chi connectivity index (χ2v) is 12.6. The number of rotatable bonds is 14. The third-order valence-electron chi connectivity index (χ3n) is 8.86. The van der Waals surface area contributed by atoms with E-state index in [2.05, 4.69) is 15.7 Å². The number of aliphatic carboxylic acids is 1. The van der Waals surface area contributed by atoms with Crippen molar-refractivity contribution in [3.05, 3.63) is 42.1 Å². The Hall–Kier alpha value is -5.33. The molecule has 0 radical (unpaired) electrons.